The highest BCUT2D eigenvalue weighted by Crippen LogP contribution is 2.25. The number of amides is 1. The first-order chi connectivity index (χ1) is 12.1. The van der Waals surface area contributed by atoms with Gasteiger partial charge >= 0.3 is 0 Å². The first-order valence-corrected chi connectivity index (χ1v) is 7.78. The molecule has 3 aromatic rings. The lowest BCUT2D eigenvalue weighted by atomic mass is 9.98. The lowest BCUT2D eigenvalue weighted by molar-refractivity contribution is 0.0937. The summed E-state index contributed by atoms with van der Waals surface area (Å²) in [6.45, 7) is 1.91. The van der Waals surface area contributed by atoms with Crippen molar-refractivity contribution in [1.82, 2.24) is 20.3 Å². The van der Waals surface area contributed by atoms with Crippen molar-refractivity contribution in [3.8, 4) is 0 Å². The number of hydrogen-bond donors (Lipinski definition) is 2. The predicted molar refractivity (Wildman–Crippen MR) is 87.9 cm³/mol. The van der Waals surface area contributed by atoms with Crippen molar-refractivity contribution in [2.45, 2.75) is 19.4 Å². The SMILES string of the molecule is CCc1ncc(C(=O)N[C@@H](c2ccncc2)c2cc(F)ccc2F)[nH]1. The summed E-state index contributed by atoms with van der Waals surface area (Å²) in [5.41, 5.74) is 0.880. The molecule has 0 saturated heterocycles. The molecule has 0 aliphatic heterocycles. The summed E-state index contributed by atoms with van der Waals surface area (Å²) in [5.74, 6) is -0.984. The highest BCUT2D eigenvalue weighted by molar-refractivity contribution is 5.92. The van der Waals surface area contributed by atoms with Crippen molar-refractivity contribution in [2.24, 2.45) is 0 Å². The standard InChI is InChI=1S/C18H16F2N4O/c1-2-16-22-10-15(23-16)18(25)24-17(11-5-7-21-8-6-11)13-9-12(19)3-4-14(13)20/h3-10,17H,2H2,1H3,(H,22,23)(H,24,25)/t17-/m0/s1. The van der Waals surface area contributed by atoms with Gasteiger partial charge in [0, 0.05) is 24.4 Å². The van der Waals surface area contributed by atoms with E-state index in [1.165, 1.54) is 18.6 Å². The predicted octanol–water partition coefficient (Wildman–Crippen LogP) is 3.16. The lowest BCUT2D eigenvalue weighted by Crippen LogP contribution is -2.30. The van der Waals surface area contributed by atoms with E-state index in [-0.39, 0.29) is 11.3 Å². The van der Waals surface area contributed by atoms with E-state index >= 15 is 0 Å². The van der Waals surface area contributed by atoms with Crippen LogP contribution in [0.25, 0.3) is 0 Å². The molecule has 5 nitrogen and oxygen atoms in total. The number of hydrogen-bond acceptors (Lipinski definition) is 3. The van der Waals surface area contributed by atoms with E-state index in [9.17, 15) is 13.6 Å². The molecule has 2 heterocycles. The van der Waals surface area contributed by atoms with Crippen LogP contribution in [0.3, 0.4) is 0 Å². The molecule has 3 rings (SSSR count). The normalized spacial score (nSPS) is 12.0. The van der Waals surface area contributed by atoms with Gasteiger partial charge in [0.25, 0.3) is 5.91 Å². The van der Waals surface area contributed by atoms with Gasteiger partial charge in [-0.25, -0.2) is 13.8 Å². The van der Waals surface area contributed by atoms with Crippen LogP contribution in [0.4, 0.5) is 8.78 Å². The number of aromatic amines is 1. The Morgan fingerprint density at radius 2 is 2.00 bits per heavy atom. The van der Waals surface area contributed by atoms with E-state index in [4.69, 9.17) is 0 Å². The third-order valence-corrected chi connectivity index (χ3v) is 3.79. The number of halogens is 2. The number of nitrogens with zero attached hydrogens (tertiary/aromatic N) is 2. The van der Waals surface area contributed by atoms with Gasteiger partial charge in [-0.2, -0.15) is 0 Å². The molecule has 0 radical (unpaired) electrons. The number of pyridine rings is 1. The molecule has 128 valence electrons. The summed E-state index contributed by atoms with van der Waals surface area (Å²) in [6.07, 6.45) is 5.12. The summed E-state index contributed by atoms with van der Waals surface area (Å²) < 4.78 is 27.9. The molecular weight excluding hydrogens is 326 g/mol. The molecule has 1 amide bonds. The summed E-state index contributed by atoms with van der Waals surface area (Å²) in [5, 5.41) is 2.73. The maximum atomic E-state index is 14.3. The van der Waals surface area contributed by atoms with Crippen molar-refractivity contribution in [2.75, 3.05) is 0 Å². The average molecular weight is 342 g/mol. The second kappa shape index (κ2) is 7.21. The van der Waals surface area contributed by atoms with Gasteiger partial charge in [-0.1, -0.05) is 6.92 Å². The number of imidazole rings is 1. The Balaban J connectivity index is 1.97. The largest absolute Gasteiger partial charge is 0.340 e. The second-order valence-electron chi connectivity index (χ2n) is 5.45. The van der Waals surface area contributed by atoms with E-state index in [0.29, 0.717) is 17.8 Å². The molecule has 2 aromatic heterocycles. The van der Waals surface area contributed by atoms with Crippen LogP contribution >= 0.6 is 0 Å². The van der Waals surface area contributed by atoms with Gasteiger partial charge in [0.1, 0.15) is 23.2 Å². The third-order valence-electron chi connectivity index (χ3n) is 3.79. The maximum Gasteiger partial charge on any atom is 0.270 e. The van der Waals surface area contributed by atoms with Crippen LogP contribution < -0.4 is 5.32 Å². The molecule has 0 bridgehead atoms. The van der Waals surface area contributed by atoms with Crippen LogP contribution in [0, 0.1) is 11.6 Å². The molecule has 0 unspecified atom stereocenters. The van der Waals surface area contributed by atoms with Gasteiger partial charge in [0.2, 0.25) is 0 Å². The zero-order valence-corrected chi connectivity index (χ0v) is 13.5. The minimum atomic E-state index is -0.862. The van der Waals surface area contributed by atoms with Gasteiger partial charge in [-0.15, -0.1) is 0 Å². The number of carbonyl (C=O) groups is 1. The Morgan fingerprint density at radius 3 is 2.68 bits per heavy atom. The number of H-pyrrole nitrogens is 1. The van der Waals surface area contributed by atoms with Gasteiger partial charge in [0.15, 0.2) is 0 Å². The van der Waals surface area contributed by atoms with Crippen molar-refractivity contribution < 1.29 is 13.6 Å². The Morgan fingerprint density at radius 1 is 1.24 bits per heavy atom. The number of rotatable bonds is 5. The molecule has 0 fully saturated rings. The summed E-state index contributed by atoms with van der Waals surface area (Å²) in [6, 6.07) is 5.56. The van der Waals surface area contributed by atoms with E-state index in [2.05, 4.69) is 20.3 Å². The smallest absolute Gasteiger partial charge is 0.270 e. The van der Waals surface area contributed by atoms with Crippen LogP contribution in [0.1, 0.15) is 40.4 Å². The molecule has 0 aliphatic carbocycles. The first kappa shape index (κ1) is 16.8. The van der Waals surface area contributed by atoms with Crippen LogP contribution in [-0.4, -0.2) is 20.9 Å². The van der Waals surface area contributed by atoms with Gasteiger partial charge < -0.3 is 10.3 Å². The Hall–Kier alpha value is -3.09. The lowest BCUT2D eigenvalue weighted by Gasteiger charge is -2.20. The number of benzene rings is 1. The van der Waals surface area contributed by atoms with E-state index in [1.54, 1.807) is 12.1 Å². The van der Waals surface area contributed by atoms with Gasteiger partial charge in [-0.05, 0) is 35.9 Å². The van der Waals surface area contributed by atoms with Crippen LogP contribution in [0.15, 0.2) is 48.9 Å². The zero-order valence-electron chi connectivity index (χ0n) is 13.5. The minimum absolute atomic E-state index is 0.0368. The fraction of sp³-hybridized carbons (Fsp3) is 0.167. The fourth-order valence-electron chi connectivity index (χ4n) is 2.50. The van der Waals surface area contributed by atoms with Crippen molar-refractivity contribution in [1.29, 1.82) is 0 Å². The molecule has 0 spiro atoms. The fourth-order valence-corrected chi connectivity index (χ4v) is 2.50. The number of carbonyl (C=O) groups excluding carboxylic acids is 1. The quantitative estimate of drug-likeness (QED) is 0.748. The number of aryl methyl sites for hydroxylation is 1. The Labute approximate surface area is 143 Å². The van der Waals surface area contributed by atoms with Crippen LogP contribution in [0.5, 0.6) is 0 Å². The van der Waals surface area contributed by atoms with E-state index in [1.807, 2.05) is 6.92 Å². The van der Waals surface area contributed by atoms with Gasteiger partial charge in [0.05, 0.1) is 12.2 Å². The van der Waals surface area contributed by atoms with Crippen molar-refractivity contribution in [3.05, 3.63) is 83.2 Å². The van der Waals surface area contributed by atoms with E-state index < -0.39 is 23.6 Å². The van der Waals surface area contributed by atoms with Crippen LogP contribution in [0.2, 0.25) is 0 Å². The number of nitrogens with one attached hydrogen (secondary N) is 2. The highest BCUT2D eigenvalue weighted by Gasteiger charge is 2.22. The molecule has 0 aliphatic rings. The Bertz CT molecular complexity index is 880. The Kier molecular flexibility index (Phi) is 4.83. The minimum Gasteiger partial charge on any atom is -0.340 e. The number of aromatic nitrogens is 3. The third kappa shape index (κ3) is 3.71. The summed E-state index contributed by atoms with van der Waals surface area (Å²) >= 11 is 0. The monoisotopic (exact) mass is 342 g/mol. The average Bonchev–Trinajstić information content (AvgIpc) is 3.12. The molecule has 2 N–H and O–H groups in total. The molecule has 25 heavy (non-hydrogen) atoms. The summed E-state index contributed by atoms with van der Waals surface area (Å²) in [4.78, 5) is 23.4. The van der Waals surface area contributed by atoms with Gasteiger partial charge in [-0.3, -0.25) is 9.78 Å². The first-order valence-electron chi connectivity index (χ1n) is 7.78. The molecule has 0 saturated carbocycles. The molecular formula is C18H16F2N4O. The second-order valence-corrected chi connectivity index (χ2v) is 5.45. The van der Waals surface area contributed by atoms with E-state index in [0.717, 1.165) is 18.2 Å². The van der Waals surface area contributed by atoms with Crippen molar-refractivity contribution >= 4 is 5.91 Å². The maximum absolute atomic E-state index is 14.3. The zero-order chi connectivity index (χ0) is 17.8. The highest BCUT2D eigenvalue weighted by atomic mass is 19.1. The molecule has 7 heteroatoms. The summed E-state index contributed by atoms with van der Waals surface area (Å²) in [7, 11) is 0. The van der Waals surface area contributed by atoms with Crippen LogP contribution in [-0.2, 0) is 6.42 Å². The topological polar surface area (TPSA) is 70.7 Å². The molecule has 1 atom stereocenters. The molecule has 1 aromatic carbocycles. The van der Waals surface area contributed by atoms with Crippen molar-refractivity contribution in [3.63, 3.8) is 0 Å².